The fraction of sp³-hybridized carbons (Fsp3) is 0.385. The summed E-state index contributed by atoms with van der Waals surface area (Å²) in [5.74, 6) is 2.23. The molecule has 1 aliphatic rings. The largest absolute Gasteiger partial charge is 0.369 e. The number of anilines is 1. The molecule has 180 valence electrons. The first kappa shape index (κ1) is 24.6. The molecular weight excluding hydrogens is 469 g/mol. The fourth-order valence-corrected chi connectivity index (χ4v) is 5.11. The minimum Gasteiger partial charge on any atom is -0.369 e. The number of carbonyl (C=O) groups excluding carboxylic acids is 1. The molecule has 1 amide bonds. The van der Waals surface area contributed by atoms with E-state index in [1.165, 1.54) is 11.6 Å². The molecular formula is C26H31Cl2N5O. The van der Waals surface area contributed by atoms with Crippen molar-refractivity contribution in [3.63, 3.8) is 0 Å². The summed E-state index contributed by atoms with van der Waals surface area (Å²) < 4.78 is 2.24. The summed E-state index contributed by atoms with van der Waals surface area (Å²) in [6.45, 7) is 4.45. The van der Waals surface area contributed by atoms with Crippen molar-refractivity contribution in [2.45, 2.75) is 18.9 Å². The van der Waals surface area contributed by atoms with Crippen molar-refractivity contribution in [1.29, 1.82) is 0 Å². The number of fused-ring (bicyclic) bond motifs is 1. The molecule has 0 radical (unpaired) electrons. The van der Waals surface area contributed by atoms with E-state index in [0.29, 0.717) is 17.7 Å². The average Bonchev–Trinajstić information content (AvgIpc) is 3.42. The molecule has 0 bridgehead atoms. The fourth-order valence-electron chi connectivity index (χ4n) is 4.70. The van der Waals surface area contributed by atoms with Crippen LogP contribution in [-0.2, 0) is 18.4 Å². The summed E-state index contributed by atoms with van der Waals surface area (Å²) in [4.78, 5) is 20.6. The maximum Gasteiger partial charge on any atom is 0.241 e. The molecule has 2 heterocycles. The molecule has 1 aromatic heterocycles. The average molecular weight is 500 g/mol. The zero-order valence-electron chi connectivity index (χ0n) is 19.5. The Morgan fingerprint density at radius 1 is 1.18 bits per heavy atom. The smallest absolute Gasteiger partial charge is 0.241 e. The molecule has 1 unspecified atom stereocenters. The lowest BCUT2D eigenvalue weighted by Crippen LogP contribution is -2.27. The van der Waals surface area contributed by atoms with Crippen LogP contribution in [0.3, 0.4) is 0 Å². The van der Waals surface area contributed by atoms with Crippen LogP contribution in [-0.4, -0.2) is 58.3 Å². The first-order chi connectivity index (χ1) is 16.5. The van der Waals surface area contributed by atoms with Crippen molar-refractivity contribution >= 4 is 51.9 Å². The number of aromatic nitrogens is 2. The number of amides is 1. The number of primary amides is 1. The highest BCUT2D eigenvalue weighted by molar-refractivity contribution is 6.18. The molecule has 1 fully saturated rings. The highest BCUT2D eigenvalue weighted by atomic mass is 35.5. The normalized spacial score (nSPS) is 16.6. The molecule has 1 saturated heterocycles. The minimum absolute atomic E-state index is 0.403. The monoisotopic (exact) mass is 499 g/mol. The van der Waals surface area contributed by atoms with E-state index in [1.54, 1.807) is 6.08 Å². The van der Waals surface area contributed by atoms with Crippen LogP contribution in [0.5, 0.6) is 0 Å². The first-order valence-corrected chi connectivity index (χ1v) is 12.7. The number of rotatable bonds is 10. The van der Waals surface area contributed by atoms with Gasteiger partial charge in [0.2, 0.25) is 5.91 Å². The Bertz CT molecular complexity index is 1150. The molecule has 0 saturated carbocycles. The predicted octanol–water partition coefficient (Wildman–Crippen LogP) is 4.35. The number of nitrogens with zero attached hydrogens (tertiary/aromatic N) is 4. The van der Waals surface area contributed by atoms with Crippen molar-refractivity contribution in [2.75, 3.05) is 42.8 Å². The van der Waals surface area contributed by atoms with Gasteiger partial charge in [-0.05, 0) is 48.4 Å². The van der Waals surface area contributed by atoms with E-state index in [-0.39, 0.29) is 0 Å². The van der Waals surface area contributed by atoms with Crippen LogP contribution in [0.15, 0.2) is 48.5 Å². The summed E-state index contributed by atoms with van der Waals surface area (Å²) in [6, 6.07) is 14.7. The molecule has 3 aromatic rings. The van der Waals surface area contributed by atoms with Crippen LogP contribution < -0.4 is 10.6 Å². The lowest BCUT2D eigenvalue weighted by Gasteiger charge is -2.22. The van der Waals surface area contributed by atoms with Crippen LogP contribution >= 0.6 is 23.2 Å². The molecule has 6 nitrogen and oxygen atoms in total. The van der Waals surface area contributed by atoms with Gasteiger partial charge in [0.15, 0.2) is 0 Å². The molecule has 1 aliphatic heterocycles. The lowest BCUT2D eigenvalue weighted by molar-refractivity contribution is -0.113. The summed E-state index contributed by atoms with van der Waals surface area (Å²) in [6.07, 6.45) is 4.21. The maximum atomic E-state index is 10.9. The van der Waals surface area contributed by atoms with Gasteiger partial charge in [-0.2, -0.15) is 0 Å². The van der Waals surface area contributed by atoms with Crippen LogP contribution in [0.1, 0.15) is 29.3 Å². The Labute approximate surface area is 210 Å². The number of nitrogens with two attached hydrogens (primary N) is 1. The molecule has 0 spiro atoms. The van der Waals surface area contributed by atoms with Crippen LogP contribution in [0.2, 0.25) is 0 Å². The second-order valence-corrected chi connectivity index (χ2v) is 9.52. The van der Waals surface area contributed by atoms with Crippen molar-refractivity contribution in [3.8, 4) is 0 Å². The Hall–Kier alpha value is -2.54. The Kier molecular flexibility index (Phi) is 8.14. The Morgan fingerprint density at radius 2 is 1.91 bits per heavy atom. The van der Waals surface area contributed by atoms with E-state index in [2.05, 4.69) is 51.7 Å². The quantitative estimate of drug-likeness (QED) is 0.332. The molecule has 2 aromatic carbocycles. The number of imidazole rings is 1. The number of likely N-dealkylation sites (tertiary alicyclic amines) is 1. The highest BCUT2D eigenvalue weighted by Gasteiger charge is 2.27. The van der Waals surface area contributed by atoms with Crippen LogP contribution in [0, 0.1) is 0 Å². The van der Waals surface area contributed by atoms with E-state index < -0.39 is 5.91 Å². The first-order valence-electron chi connectivity index (χ1n) is 11.6. The van der Waals surface area contributed by atoms with Gasteiger partial charge in [0.05, 0.1) is 11.0 Å². The number of aryl methyl sites for hydroxylation is 1. The molecule has 1 atom stereocenters. The van der Waals surface area contributed by atoms with Gasteiger partial charge in [0.25, 0.3) is 0 Å². The third kappa shape index (κ3) is 5.74. The number of carbonyl (C=O) groups is 1. The lowest BCUT2D eigenvalue weighted by atomic mass is 10.1. The van der Waals surface area contributed by atoms with E-state index in [0.717, 1.165) is 67.3 Å². The SMILES string of the molecule is Cn1c(C2CCN(Cc3ccc(C=CC(N)=O)cc3)C2)nc2cc(N(CCCl)CCCl)ccc21. The number of hydrogen-bond donors (Lipinski definition) is 1. The van der Waals surface area contributed by atoms with Gasteiger partial charge >= 0.3 is 0 Å². The van der Waals surface area contributed by atoms with Gasteiger partial charge in [0.1, 0.15) is 5.82 Å². The number of halogens is 2. The maximum absolute atomic E-state index is 10.9. The second kappa shape index (κ2) is 11.3. The van der Waals surface area contributed by atoms with Gasteiger partial charge in [0, 0.05) is 62.7 Å². The summed E-state index contributed by atoms with van der Waals surface area (Å²) >= 11 is 12.0. The van der Waals surface area contributed by atoms with Crippen molar-refractivity contribution < 1.29 is 4.79 Å². The summed E-state index contributed by atoms with van der Waals surface area (Å²) in [7, 11) is 2.11. The number of benzene rings is 2. The summed E-state index contributed by atoms with van der Waals surface area (Å²) in [5, 5.41) is 0. The van der Waals surface area contributed by atoms with Gasteiger partial charge in [-0.25, -0.2) is 4.98 Å². The van der Waals surface area contributed by atoms with Crippen molar-refractivity contribution in [3.05, 3.63) is 65.5 Å². The Balaban J connectivity index is 1.44. The van der Waals surface area contributed by atoms with Crippen molar-refractivity contribution in [2.24, 2.45) is 12.8 Å². The third-order valence-electron chi connectivity index (χ3n) is 6.44. The van der Waals surface area contributed by atoms with Gasteiger partial charge in [-0.3, -0.25) is 9.69 Å². The van der Waals surface area contributed by atoms with E-state index >= 15 is 0 Å². The highest BCUT2D eigenvalue weighted by Crippen LogP contribution is 2.31. The van der Waals surface area contributed by atoms with E-state index in [1.807, 2.05) is 12.1 Å². The Morgan fingerprint density at radius 3 is 2.59 bits per heavy atom. The number of hydrogen-bond acceptors (Lipinski definition) is 4. The van der Waals surface area contributed by atoms with E-state index in [9.17, 15) is 4.79 Å². The van der Waals surface area contributed by atoms with Gasteiger partial charge < -0.3 is 15.2 Å². The summed E-state index contributed by atoms with van der Waals surface area (Å²) in [5.41, 5.74) is 10.7. The van der Waals surface area contributed by atoms with Crippen LogP contribution in [0.25, 0.3) is 17.1 Å². The zero-order valence-corrected chi connectivity index (χ0v) is 21.0. The number of alkyl halides is 2. The van der Waals surface area contributed by atoms with Crippen molar-refractivity contribution in [1.82, 2.24) is 14.5 Å². The molecule has 0 aliphatic carbocycles. The molecule has 34 heavy (non-hydrogen) atoms. The molecule has 4 rings (SSSR count). The predicted molar refractivity (Wildman–Crippen MR) is 142 cm³/mol. The zero-order chi connectivity index (χ0) is 24.1. The second-order valence-electron chi connectivity index (χ2n) is 8.77. The van der Waals surface area contributed by atoms with Gasteiger partial charge in [-0.15, -0.1) is 23.2 Å². The molecule has 8 heteroatoms. The molecule has 2 N–H and O–H groups in total. The minimum atomic E-state index is -0.437. The van der Waals surface area contributed by atoms with Crippen LogP contribution in [0.4, 0.5) is 5.69 Å². The van der Waals surface area contributed by atoms with E-state index in [4.69, 9.17) is 33.9 Å². The van der Waals surface area contributed by atoms with Gasteiger partial charge in [-0.1, -0.05) is 24.3 Å². The standard InChI is InChI=1S/C26H31Cl2N5O/c1-31-24-8-7-22(33(14-11-27)15-12-28)16-23(24)30-26(31)21-10-13-32(18-21)17-20-4-2-19(3-5-20)6-9-25(29)34/h2-9,16,21H,10-15,17-18H2,1H3,(H2,29,34). The third-order valence-corrected chi connectivity index (χ3v) is 6.77. The topological polar surface area (TPSA) is 67.4 Å².